The normalized spacial score (nSPS) is 14.0. The first-order valence-electron chi connectivity index (χ1n) is 8.89. The van der Waals surface area contributed by atoms with E-state index in [1.54, 1.807) is 37.1 Å². The second-order valence-electron chi connectivity index (χ2n) is 6.34. The van der Waals surface area contributed by atoms with Crippen LogP contribution in [0.15, 0.2) is 49.2 Å². The van der Waals surface area contributed by atoms with Crippen molar-refractivity contribution in [3.63, 3.8) is 0 Å². The van der Waals surface area contributed by atoms with Crippen molar-refractivity contribution in [3.05, 3.63) is 54.2 Å². The molecular formula is C20H20ClN7O. The Balaban J connectivity index is 0.00000205. The zero-order chi connectivity index (χ0) is 18.9. The number of hydrogen-bond acceptors (Lipinski definition) is 7. The largest absolute Gasteiger partial charge is 0.378 e. The zero-order valence-electron chi connectivity index (χ0n) is 14.9. The number of ether oxygens (including phenoxy) is 1. The fourth-order valence-electron chi connectivity index (χ4n) is 3.21. The highest BCUT2D eigenvalue weighted by Crippen LogP contribution is 2.27. The second-order valence-corrected chi connectivity index (χ2v) is 6.78. The maximum atomic E-state index is 6.01. The standard InChI is InChI=1S/C19H16ClN7O.CH4/c20-14-1-2-17(22-11-14)27-16-12-21-4-3-15(16)25-18(27)13-9-23-19(24-10-13)26-5-7-28-8-6-26;/h1-4,9-12H,5-8H2;1H4. The maximum absolute atomic E-state index is 6.01. The molecule has 0 radical (unpaired) electrons. The van der Waals surface area contributed by atoms with Crippen LogP contribution in [0.25, 0.3) is 28.2 Å². The van der Waals surface area contributed by atoms with Crippen molar-refractivity contribution < 1.29 is 4.74 Å². The number of aromatic nitrogens is 6. The van der Waals surface area contributed by atoms with Gasteiger partial charge in [-0.05, 0) is 18.2 Å². The summed E-state index contributed by atoms with van der Waals surface area (Å²) in [4.78, 5) is 24.6. The van der Waals surface area contributed by atoms with Crippen molar-refractivity contribution in [3.8, 4) is 17.2 Å². The third-order valence-electron chi connectivity index (χ3n) is 4.59. The summed E-state index contributed by atoms with van der Waals surface area (Å²) >= 11 is 6.01. The molecule has 0 aliphatic carbocycles. The number of fused-ring (bicyclic) bond motifs is 1. The Morgan fingerprint density at radius 1 is 0.931 bits per heavy atom. The zero-order valence-corrected chi connectivity index (χ0v) is 15.6. The van der Waals surface area contributed by atoms with E-state index in [1.165, 1.54) is 0 Å². The molecule has 1 aliphatic rings. The molecule has 1 saturated heterocycles. The lowest BCUT2D eigenvalue weighted by Crippen LogP contribution is -2.37. The van der Waals surface area contributed by atoms with Crippen LogP contribution >= 0.6 is 11.6 Å². The minimum absolute atomic E-state index is 0. The van der Waals surface area contributed by atoms with Gasteiger partial charge >= 0.3 is 0 Å². The van der Waals surface area contributed by atoms with Crippen molar-refractivity contribution in [1.29, 1.82) is 0 Å². The van der Waals surface area contributed by atoms with Gasteiger partial charge in [0.1, 0.15) is 11.6 Å². The van der Waals surface area contributed by atoms with Crippen LogP contribution in [0.2, 0.25) is 5.02 Å². The van der Waals surface area contributed by atoms with Gasteiger partial charge < -0.3 is 9.64 Å². The molecule has 0 atom stereocenters. The van der Waals surface area contributed by atoms with E-state index in [1.807, 2.05) is 16.7 Å². The summed E-state index contributed by atoms with van der Waals surface area (Å²) in [5, 5.41) is 0.575. The van der Waals surface area contributed by atoms with Crippen molar-refractivity contribution in [2.24, 2.45) is 0 Å². The van der Waals surface area contributed by atoms with E-state index >= 15 is 0 Å². The Morgan fingerprint density at radius 2 is 1.72 bits per heavy atom. The van der Waals surface area contributed by atoms with E-state index < -0.39 is 0 Å². The first-order chi connectivity index (χ1) is 13.8. The summed E-state index contributed by atoms with van der Waals surface area (Å²) in [5.41, 5.74) is 2.47. The number of nitrogens with zero attached hydrogens (tertiary/aromatic N) is 7. The van der Waals surface area contributed by atoms with E-state index in [-0.39, 0.29) is 7.43 Å². The predicted octanol–water partition coefficient (Wildman–Crippen LogP) is 3.40. The Kier molecular flexibility index (Phi) is 5.37. The number of pyridine rings is 2. The molecule has 8 nitrogen and oxygen atoms in total. The van der Waals surface area contributed by atoms with E-state index in [2.05, 4.69) is 24.8 Å². The first-order valence-corrected chi connectivity index (χ1v) is 9.27. The fraction of sp³-hybridized carbons (Fsp3) is 0.250. The van der Waals surface area contributed by atoms with Crippen molar-refractivity contribution in [2.75, 3.05) is 31.2 Å². The molecule has 0 aromatic carbocycles. The molecule has 4 aromatic heterocycles. The lowest BCUT2D eigenvalue weighted by Gasteiger charge is -2.26. The second kappa shape index (κ2) is 8.10. The third kappa shape index (κ3) is 3.64. The molecule has 1 aliphatic heterocycles. The van der Waals surface area contributed by atoms with Crippen LogP contribution in [0.3, 0.4) is 0 Å². The van der Waals surface area contributed by atoms with Gasteiger partial charge in [0, 0.05) is 37.9 Å². The number of anilines is 1. The van der Waals surface area contributed by atoms with Gasteiger partial charge in [-0.2, -0.15) is 0 Å². The van der Waals surface area contributed by atoms with Crippen LogP contribution in [0.1, 0.15) is 7.43 Å². The molecule has 29 heavy (non-hydrogen) atoms. The molecule has 5 heterocycles. The SMILES string of the molecule is C.Clc1ccc(-n2c(-c3cnc(N4CCOCC4)nc3)nc3ccncc32)nc1. The predicted molar refractivity (Wildman–Crippen MR) is 112 cm³/mol. The molecule has 9 heteroatoms. The summed E-state index contributed by atoms with van der Waals surface area (Å²) < 4.78 is 7.32. The fourth-order valence-corrected chi connectivity index (χ4v) is 3.32. The van der Waals surface area contributed by atoms with E-state index in [9.17, 15) is 0 Å². The average molecular weight is 410 g/mol. The van der Waals surface area contributed by atoms with Crippen LogP contribution in [0.4, 0.5) is 5.95 Å². The van der Waals surface area contributed by atoms with Crippen LogP contribution < -0.4 is 4.90 Å². The van der Waals surface area contributed by atoms with Gasteiger partial charge in [-0.15, -0.1) is 0 Å². The minimum atomic E-state index is 0. The van der Waals surface area contributed by atoms with Gasteiger partial charge in [0.2, 0.25) is 5.95 Å². The molecule has 0 unspecified atom stereocenters. The topological polar surface area (TPSA) is 81.9 Å². The van der Waals surface area contributed by atoms with Crippen LogP contribution in [-0.4, -0.2) is 55.8 Å². The first kappa shape index (κ1) is 19.2. The van der Waals surface area contributed by atoms with Gasteiger partial charge in [-0.1, -0.05) is 19.0 Å². The highest BCUT2D eigenvalue weighted by Gasteiger charge is 2.18. The number of halogens is 1. The van der Waals surface area contributed by atoms with Crippen LogP contribution in [0, 0.1) is 0 Å². The molecule has 1 fully saturated rings. The van der Waals surface area contributed by atoms with Gasteiger partial charge in [0.25, 0.3) is 0 Å². The molecule has 4 aromatic rings. The van der Waals surface area contributed by atoms with Gasteiger partial charge in [0.15, 0.2) is 0 Å². The summed E-state index contributed by atoms with van der Waals surface area (Å²) in [6.45, 7) is 2.96. The Bertz CT molecular complexity index is 1110. The summed E-state index contributed by atoms with van der Waals surface area (Å²) in [6, 6.07) is 5.52. The molecule has 0 spiro atoms. The highest BCUT2D eigenvalue weighted by molar-refractivity contribution is 6.30. The smallest absolute Gasteiger partial charge is 0.225 e. The van der Waals surface area contributed by atoms with Crippen molar-refractivity contribution >= 4 is 28.6 Å². The Morgan fingerprint density at radius 3 is 2.45 bits per heavy atom. The minimum Gasteiger partial charge on any atom is -0.378 e. The number of rotatable bonds is 3. The summed E-state index contributed by atoms with van der Waals surface area (Å²) in [7, 11) is 0. The maximum Gasteiger partial charge on any atom is 0.225 e. The Labute approximate surface area is 173 Å². The van der Waals surface area contributed by atoms with Crippen molar-refractivity contribution in [2.45, 2.75) is 7.43 Å². The third-order valence-corrected chi connectivity index (χ3v) is 4.81. The lowest BCUT2D eigenvalue weighted by atomic mass is 10.3. The van der Waals surface area contributed by atoms with Gasteiger partial charge in [-0.25, -0.2) is 19.9 Å². The molecule has 0 N–H and O–H groups in total. The number of morpholine rings is 1. The number of imidazole rings is 1. The highest BCUT2D eigenvalue weighted by atomic mass is 35.5. The van der Waals surface area contributed by atoms with Crippen molar-refractivity contribution in [1.82, 2.24) is 29.5 Å². The molecule has 5 rings (SSSR count). The lowest BCUT2D eigenvalue weighted by molar-refractivity contribution is 0.122. The Hall–Kier alpha value is -3.10. The number of hydrogen-bond donors (Lipinski definition) is 0. The summed E-state index contributed by atoms with van der Waals surface area (Å²) in [6.07, 6.45) is 8.68. The summed E-state index contributed by atoms with van der Waals surface area (Å²) in [5.74, 6) is 2.10. The quantitative estimate of drug-likeness (QED) is 0.512. The van der Waals surface area contributed by atoms with E-state index in [4.69, 9.17) is 21.3 Å². The average Bonchev–Trinajstić information content (AvgIpc) is 3.15. The molecule has 0 amide bonds. The molecule has 0 bridgehead atoms. The van der Waals surface area contributed by atoms with Crippen LogP contribution in [-0.2, 0) is 4.74 Å². The van der Waals surface area contributed by atoms with Gasteiger partial charge in [-0.3, -0.25) is 9.55 Å². The molecule has 0 saturated carbocycles. The monoisotopic (exact) mass is 409 g/mol. The van der Waals surface area contributed by atoms with E-state index in [0.717, 1.165) is 29.7 Å². The van der Waals surface area contributed by atoms with Crippen LogP contribution in [0.5, 0.6) is 0 Å². The molecular weight excluding hydrogens is 390 g/mol. The van der Waals surface area contributed by atoms with E-state index in [0.29, 0.717) is 35.8 Å². The van der Waals surface area contributed by atoms with Gasteiger partial charge in [0.05, 0.1) is 41.0 Å². The molecule has 148 valence electrons.